The smallest absolute Gasteiger partial charge is 0.345 e. The molecule has 1 fully saturated rings. The van der Waals surface area contributed by atoms with Gasteiger partial charge >= 0.3 is 6.03 Å². The van der Waals surface area contributed by atoms with Crippen LogP contribution in [-0.4, -0.2) is 38.9 Å². The molecule has 5 nitrogen and oxygen atoms in total. The summed E-state index contributed by atoms with van der Waals surface area (Å²) >= 11 is 5.96. The van der Waals surface area contributed by atoms with Crippen LogP contribution in [0.3, 0.4) is 0 Å². The minimum Gasteiger partial charge on any atom is -0.492 e. The Morgan fingerprint density at radius 1 is 1.40 bits per heavy atom. The molecule has 6 heteroatoms. The summed E-state index contributed by atoms with van der Waals surface area (Å²) in [7, 11) is 0. The van der Waals surface area contributed by atoms with Crippen LogP contribution >= 0.6 is 11.6 Å². The first kappa shape index (κ1) is 13.2. The molecule has 0 unspecified atom stereocenters. The van der Waals surface area contributed by atoms with E-state index >= 15 is 0 Å². The molecule has 1 aliphatic heterocycles. The van der Waals surface area contributed by atoms with Crippen LogP contribution in [0.4, 0.5) is 4.79 Å². The largest absolute Gasteiger partial charge is 0.492 e. The predicted octanol–water partition coefficient (Wildman–Crippen LogP) is 3.10. The van der Waals surface area contributed by atoms with E-state index in [0.717, 1.165) is 25.9 Å². The van der Waals surface area contributed by atoms with E-state index in [9.17, 15) is 9.90 Å². The molecule has 3 rings (SSSR count). The molecule has 20 heavy (non-hydrogen) atoms. The van der Waals surface area contributed by atoms with E-state index in [0.29, 0.717) is 21.8 Å². The van der Waals surface area contributed by atoms with Gasteiger partial charge in [0, 0.05) is 18.1 Å². The minimum atomic E-state index is -0.204. The van der Waals surface area contributed by atoms with Crippen LogP contribution in [0.1, 0.15) is 19.8 Å². The van der Waals surface area contributed by atoms with E-state index in [1.807, 2.05) is 0 Å². The Hall–Kier alpha value is -1.75. The number of halogens is 1. The standard InChI is InChI=1S/C14H16ClN3O2/c1-9-4-6-17(7-5-9)14(20)18-12-8-10(15)2-3-11(12)13(19)16-18/h2-3,8-9H,4-7H2,1H3,(H,16,19). The quantitative estimate of drug-likeness (QED) is 0.812. The van der Waals surface area contributed by atoms with Crippen molar-refractivity contribution < 1.29 is 9.90 Å². The van der Waals surface area contributed by atoms with Crippen LogP contribution in [0.25, 0.3) is 10.9 Å². The Bertz CT molecular complexity index is 660. The molecule has 0 atom stereocenters. The molecular formula is C14H16ClN3O2. The van der Waals surface area contributed by atoms with E-state index in [4.69, 9.17) is 11.6 Å². The molecule has 1 aromatic carbocycles. The van der Waals surface area contributed by atoms with Gasteiger partial charge in [0.2, 0.25) is 5.88 Å². The molecular weight excluding hydrogens is 278 g/mol. The number of benzene rings is 1. The number of fused-ring (bicyclic) bond motifs is 1. The summed E-state index contributed by atoms with van der Waals surface area (Å²) < 4.78 is 1.24. The van der Waals surface area contributed by atoms with Gasteiger partial charge < -0.3 is 10.0 Å². The first-order chi connectivity index (χ1) is 9.56. The zero-order chi connectivity index (χ0) is 14.3. The Kier molecular flexibility index (Phi) is 3.30. The minimum absolute atomic E-state index is 0.143. The highest BCUT2D eigenvalue weighted by molar-refractivity contribution is 6.31. The average molecular weight is 294 g/mol. The second-order valence-electron chi connectivity index (χ2n) is 5.35. The molecule has 2 heterocycles. The van der Waals surface area contributed by atoms with Crippen LogP contribution in [-0.2, 0) is 0 Å². The Morgan fingerprint density at radius 3 is 2.80 bits per heavy atom. The maximum atomic E-state index is 12.5. The predicted molar refractivity (Wildman–Crippen MR) is 77.2 cm³/mol. The number of nitrogens with zero attached hydrogens (tertiary/aromatic N) is 3. The van der Waals surface area contributed by atoms with Gasteiger partial charge in [0.05, 0.1) is 10.9 Å². The number of likely N-dealkylation sites (tertiary alicyclic amines) is 1. The molecule has 0 bridgehead atoms. The maximum absolute atomic E-state index is 12.5. The van der Waals surface area contributed by atoms with Crippen molar-refractivity contribution in [3.8, 4) is 5.88 Å². The molecule has 1 amide bonds. The lowest BCUT2D eigenvalue weighted by Gasteiger charge is -2.29. The highest BCUT2D eigenvalue weighted by atomic mass is 35.5. The van der Waals surface area contributed by atoms with E-state index in [2.05, 4.69) is 12.0 Å². The van der Waals surface area contributed by atoms with Crippen LogP contribution < -0.4 is 0 Å². The lowest BCUT2D eigenvalue weighted by molar-refractivity contribution is 0.173. The number of hydrogen-bond donors (Lipinski definition) is 1. The van der Waals surface area contributed by atoms with Crippen LogP contribution in [0.5, 0.6) is 5.88 Å². The van der Waals surface area contributed by atoms with E-state index in [1.54, 1.807) is 23.1 Å². The van der Waals surface area contributed by atoms with Gasteiger partial charge in [-0.1, -0.05) is 18.5 Å². The normalized spacial score (nSPS) is 16.8. The summed E-state index contributed by atoms with van der Waals surface area (Å²) in [6.45, 7) is 3.64. The van der Waals surface area contributed by atoms with Crippen molar-refractivity contribution in [3.05, 3.63) is 23.2 Å². The van der Waals surface area contributed by atoms with Crippen molar-refractivity contribution >= 4 is 28.5 Å². The number of carbonyl (C=O) groups is 1. The summed E-state index contributed by atoms with van der Waals surface area (Å²) in [5.41, 5.74) is 0.540. The van der Waals surface area contributed by atoms with Crippen molar-refractivity contribution in [3.63, 3.8) is 0 Å². The number of carbonyl (C=O) groups excluding carboxylic acids is 1. The summed E-state index contributed by atoms with van der Waals surface area (Å²) in [6, 6.07) is 4.78. The van der Waals surface area contributed by atoms with Gasteiger partial charge in [-0.05, 0) is 37.0 Å². The number of amides is 1. The Balaban J connectivity index is 1.97. The van der Waals surface area contributed by atoms with Crippen molar-refractivity contribution in [2.45, 2.75) is 19.8 Å². The van der Waals surface area contributed by atoms with E-state index < -0.39 is 0 Å². The summed E-state index contributed by atoms with van der Waals surface area (Å²) in [5.74, 6) is 0.506. The number of hydrogen-bond acceptors (Lipinski definition) is 3. The molecule has 0 aliphatic carbocycles. The van der Waals surface area contributed by atoms with Crippen LogP contribution in [0, 0.1) is 5.92 Å². The number of aromatic hydroxyl groups is 1. The molecule has 1 aromatic heterocycles. The van der Waals surface area contributed by atoms with E-state index in [1.165, 1.54) is 4.68 Å². The monoisotopic (exact) mass is 293 g/mol. The molecule has 1 N–H and O–H groups in total. The Labute approximate surface area is 121 Å². The third-order valence-corrected chi connectivity index (χ3v) is 4.09. The maximum Gasteiger partial charge on any atom is 0.345 e. The zero-order valence-electron chi connectivity index (χ0n) is 11.2. The first-order valence-electron chi connectivity index (χ1n) is 6.73. The van der Waals surface area contributed by atoms with Crippen LogP contribution in [0.2, 0.25) is 5.02 Å². The lowest BCUT2D eigenvalue weighted by Crippen LogP contribution is -2.40. The Morgan fingerprint density at radius 2 is 2.10 bits per heavy atom. The fraction of sp³-hybridized carbons (Fsp3) is 0.429. The zero-order valence-corrected chi connectivity index (χ0v) is 12.0. The third-order valence-electron chi connectivity index (χ3n) is 3.86. The molecule has 0 saturated carbocycles. The van der Waals surface area contributed by atoms with Gasteiger partial charge in [0.15, 0.2) is 0 Å². The fourth-order valence-corrected chi connectivity index (χ4v) is 2.72. The number of aromatic nitrogens is 2. The van der Waals surface area contributed by atoms with Crippen LogP contribution in [0.15, 0.2) is 18.2 Å². The second-order valence-corrected chi connectivity index (χ2v) is 5.79. The van der Waals surface area contributed by atoms with Gasteiger partial charge in [0.1, 0.15) is 0 Å². The number of piperidine rings is 1. The molecule has 106 valence electrons. The number of rotatable bonds is 0. The fourth-order valence-electron chi connectivity index (χ4n) is 2.55. The van der Waals surface area contributed by atoms with Gasteiger partial charge in [-0.2, -0.15) is 4.68 Å². The van der Waals surface area contributed by atoms with Gasteiger partial charge in [-0.15, -0.1) is 5.10 Å². The molecule has 1 saturated heterocycles. The summed E-state index contributed by atoms with van der Waals surface area (Å²) in [5, 5.41) is 14.8. The van der Waals surface area contributed by atoms with Crippen molar-refractivity contribution in [1.82, 2.24) is 14.7 Å². The van der Waals surface area contributed by atoms with Gasteiger partial charge in [0.25, 0.3) is 0 Å². The average Bonchev–Trinajstić information content (AvgIpc) is 2.75. The van der Waals surface area contributed by atoms with Gasteiger partial charge in [-0.25, -0.2) is 4.79 Å². The van der Waals surface area contributed by atoms with Crippen molar-refractivity contribution in [2.75, 3.05) is 13.1 Å². The second kappa shape index (κ2) is 4.98. The van der Waals surface area contributed by atoms with Crippen molar-refractivity contribution in [2.24, 2.45) is 5.92 Å². The highest BCUT2D eigenvalue weighted by Crippen LogP contribution is 2.27. The third kappa shape index (κ3) is 2.22. The lowest BCUT2D eigenvalue weighted by atomic mass is 10.00. The summed E-state index contributed by atoms with van der Waals surface area (Å²) in [4.78, 5) is 14.3. The van der Waals surface area contributed by atoms with E-state index in [-0.39, 0.29) is 11.9 Å². The first-order valence-corrected chi connectivity index (χ1v) is 7.10. The molecule has 0 spiro atoms. The molecule has 1 aliphatic rings. The van der Waals surface area contributed by atoms with Gasteiger partial charge in [-0.3, -0.25) is 0 Å². The summed E-state index contributed by atoms with van der Waals surface area (Å²) in [6.07, 6.45) is 2.00. The molecule has 0 radical (unpaired) electrons. The SMILES string of the molecule is CC1CCN(C(=O)n2nc(O)c3ccc(Cl)cc32)CC1. The topological polar surface area (TPSA) is 58.4 Å². The van der Waals surface area contributed by atoms with Crippen molar-refractivity contribution in [1.29, 1.82) is 0 Å². The molecule has 2 aromatic rings. The highest BCUT2D eigenvalue weighted by Gasteiger charge is 2.24.